The lowest BCUT2D eigenvalue weighted by molar-refractivity contribution is -0.384. The fourth-order valence-electron chi connectivity index (χ4n) is 1.90. The molecule has 0 heterocycles. The van der Waals surface area contributed by atoms with Crippen LogP contribution >= 0.6 is 11.8 Å². The number of carbonyl (C=O) groups excluding carboxylic acids is 1. The number of anilines is 1. The molecule has 7 nitrogen and oxygen atoms in total. The van der Waals surface area contributed by atoms with Gasteiger partial charge in [-0.15, -0.1) is 11.8 Å². The molecule has 0 aromatic heterocycles. The summed E-state index contributed by atoms with van der Waals surface area (Å²) in [5.74, 6) is 0.893. The van der Waals surface area contributed by atoms with E-state index in [9.17, 15) is 14.9 Å². The first-order chi connectivity index (χ1) is 11.5. The van der Waals surface area contributed by atoms with Gasteiger partial charge < -0.3 is 14.8 Å². The third-order valence-corrected chi connectivity index (χ3v) is 4.12. The Labute approximate surface area is 143 Å². The van der Waals surface area contributed by atoms with Crippen molar-refractivity contribution >= 4 is 29.0 Å². The minimum atomic E-state index is -0.561. The maximum atomic E-state index is 12.0. The molecule has 126 valence electrons. The van der Waals surface area contributed by atoms with Crippen molar-refractivity contribution in [1.29, 1.82) is 0 Å². The summed E-state index contributed by atoms with van der Waals surface area (Å²) < 4.78 is 10.0. The second-order valence-corrected chi connectivity index (χ2v) is 5.70. The molecule has 1 amide bonds. The summed E-state index contributed by atoms with van der Waals surface area (Å²) in [6, 6.07) is 11.6. The van der Waals surface area contributed by atoms with Gasteiger partial charge in [0, 0.05) is 4.90 Å². The second kappa shape index (κ2) is 8.21. The van der Waals surface area contributed by atoms with E-state index in [4.69, 9.17) is 9.47 Å². The lowest BCUT2D eigenvalue weighted by atomic mass is 10.2. The van der Waals surface area contributed by atoms with Crippen LogP contribution in [0.4, 0.5) is 11.4 Å². The van der Waals surface area contributed by atoms with E-state index in [1.54, 1.807) is 25.3 Å². The molecule has 0 aliphatic carbocycles. The number of carbonyl (C=O) groups is 1. The van der Waals surface area contributed by atoms with Crippen molar-refractivity contribution in [1.82, 2.24) is 0 Å². The number of methoxy groups -OCH3 is 2. The standard InChI is InChI=1S/C16H16N2O5S/c1-22-11-3-6-13(7-4-11)24-10-16(19)17-14-8-5-12(23-2)9-15(14)18(20)21/h3-9H,10H2,1-2H3,(H,17,19). The van der Waals surface area contributed by atoms with E-state index in [1.165, 1.54) is 31.0 Å². The number of nitrogens with one attached hydrogen (secondary N) is 1. The van der Waals surface area contributed by atoms with E-state index in [0.717, 1.165) is 10.6 Å². The molecule has 0 saturated heterocycles. The Balaban J connectivity index is 2.00. The molecule has 0 atom stereocenters. The topological polar surface area (TPSA) is 90.7 Å². The maximum Gasteiger partial charge on any atom is 0.296 e. The van der Waals surface area contributed by atoms with E-state index in [-0.39, 0.29) is 23.0 Å². The third kappa shape index (κ3) is 4.63. The number of nitro groups is 1. The average molecular weight is 348 g/mol. The van der Waals surface area contributed by atoms with Gasteiger partial charge in [-0.3, -0.25) is 14.9 Å². The summed E-state index contributed by atoms with van der Waals surface area (Å²) in [5.41, 5.74) is -0.0710. The molecule has 0 radical (unpaired) electrons. The first-order valence-electron chi connectivity index (χ1n) is 6.92. The summed E-state index contributed by atoms with van der Waals surface area (Å²) in [6.07, 6.45) is 0. The van der Waals surface area contributed by atoms with Crippen molar-refractivity contribution in [2.45, 2.75) is 4.90 Å². The number of amides is 1. The zero-order valence-electron chi connectivity index (χ0n) is 13.1. The minimum absolute atomic E-state index is 0.134. The van der Waals surface area contributed by atoms with Gasteiger partial charge >= 0.3 is 0 Å². The van der Waals surface area contributed by atoms with Crippen LogP contribution in [0.3, 0.4) is 0 Å². The maximum absolute atomic E-state index is 12.0. The van der Waals surface area contributed by atoms with Crippen molar-refractivity contribution in [3.63, 3.8) is 0 Å². The predicted molar refractivity (Wildman–Crippen MR) is 92.0 cm³/mol. The van der Waals surface area contributed by atoms with Crippen LogP contribution in [-0.2, 0) is 4.79 Å². The molecule has 0 fully saturated rings. The number of hydrogen-bond donors (Lipinski definition) is 1. The zero-order chi connectivity index (χ0) is 17.5. The molecule has 0 bridgehead atoms. The largest absolute Gasteiger partial charge is 0.497 e. The normalized spacial score (nSPS) is 10.1. The fourth-order valence-corrected chi connectivity index (χ4v) is 2.60. The molecule has 0 unspecified atom stereocenters. The molecule has 0 saturated carbocycles. The van der Waals surface area contributed by atoms with Crippen LogP contribution < -0.4 is 14.8 Å². The van der Waals surface area contributed by atoms with Crippen molar-refractivity contribution in [3.8, 4) is 11.5 Å². The second-order valence-electron chi connectivity index (χ2n) is 4.65. The molecule has 8 heteroatoms. The highest BCUT2D eigenvalue weighted by Crippen LogP contribution is 2.29. The number of thioether (sulfide) groups is 1. The zero-order valence-corrected chi connectivity index (χ0v) is 14.0. The van der Waals surface area contributed by atoms with Crippen LogP contribution in [0.1, 0.15) is 0 Å². The Kier molecular flexibility index (Phi) is 6.02. The Morgan fingerprint density at radius 2 is 1.75 bits per heavy atom. The highest BCUT2D eigenvalue weighted by Gasteiger charge is 2.17. The molecule has 0 aliphatic rings. The van der Waals surface area contributed by atoms with Crippen molar-refractivity contribution in [2.24, 2.45) is 0 Å². The fraction of sp³-hybridized carbons (Fsp3) is 0.188. The summed E-state index contributed by atoms with van der Waals surface area (Å²) in [7, 11) is 3.00. The highest BCUT2D eigenvalue weighted by molar-refractivity contribution is 8.00. The summed E-state index contributed by atoms with van der Waals surface area (Å²) in [5, 5.41) is 13.6. The van der Waals surface area contributed by atoms with E-state index in [0.29, 0.717) is 5.75 Å². The van der Waals surface area contributed by atoms with Gasteiger partial charge in [0.15, 0.2) is 0 Å². The molecule has 2 aromatic carbocycles. The average Bonchev–Trinajstić information content (AvgIpc) is 2.60. The van der Waals surface area contributed by atoms with E-state index in [1.807, 2.05) is 12.1 Å². The Bertz CT molecular complexity index is 734. The molecule has 24 heavy (non-hydrogen) atoms. The minimum Gasteiger partial charge on any atom is -0.497 e. The van der Waals surface area contributed by atoms with Gasteiger partial charge in [0.05, 0.1) is 31.0 Å². The van der Waals surface area contributed by atoms with E-state index in [2.05, 4.69) is 5.32 Å². The summed E-state index contributed by atoms with van der Waals surface area (Å²) in [6.45, 7) is 0. The number of nitrogens with zero attached hydrogens (tertiary/aromatic N) is 1. The lowest BCUT2D eigenvalue weighted by Gasteiger charge is -2.08. The van der Waals surface area contributed by atoms with Gasteiger partial charge in [-0.2, -0.15) is 0 Å². The first kappa shape index (κ1) is 17.6. The molecule has 2 rings (SSSR count). The Morgan fingerprint density at radius 3 is 2.33 bits per heavy atom. The van der Waals surface area contributed by atoms with Gasteiger partial charge in [0.1, 0.15) is 17.2 Å². The third-order valence-electron chi connectivity index (χ3n) is 3.11. The van der Waals surface area contributed by atoms with Crippen molar-refractivity contribution in [2.75, 3.05) is 25.3 Å². The summed E-state index contributed by atoms with van der Waals surface area (Å²) in [4.78, 5) is 23.5. The molecule has 2 aromatic rings. The number of ether oxygens (including phenoxy) is 2. The van der Waals surface area contributed by atoms with Crippen LogP contribution in [0.15, 0.2) is 47.4 Å². The summed E-state index contributed by atoms with van der Waals surface area (Å²) >= 11 is 1.33. The molecule has 0 spiro atoms. The monoisotopic (exact) mass is 348 g/mol. The van der Waals surface area contributed by atoms with Gasteiger partial charge in [-0.25, -0.2) is 0 Å². The number of hydrogen-bond acceptors (Lipinski definition) is 6. The number of benzene rings is 2. The quantitative estimate of drug-likeness (QED) is 0.469. The van der Waals surface area contributed by atoms with E-state index >= 15 is 0 Å². The van der Waals surface area contributed by atoms with Crippen LogP contribution in [0, 0.1) is 10.1 Å². The van der Waals surface area contributed by atoms with Crippen LogP contribution in [0.25, 0.3) is 0 Å². The first-order valence-corrected chi connectivity index (χ1v) is 7.91. The number of rotatable bonds is 7. The van der Waals surface area contributed by atoms with Crippen LogP contribution in [0.5, 0.6) is 11.5 Å². The van der Waals surface area contributed by atoms with Crippen molar-refractivity contribution in [3.05, 3.63) is 52.6 Å². The van der Waals surface area contributed by atoms with Gasteiger partial charge in [-0.1, -0.05) is 0 Å². The molecule has 1 N–H and O–H groups in total. The molecular formula is C16H16N2O5S. The molecular weight excluding hydrogens is 332 g/mol. The SMILES string of the molecule is COc1ccc(SCC(=O)Nc2ccc(OC)cc2[N+](=O)[O-])cc1. The van der Waals surface area contributed by atoms with Gasteiger partial charge in [0.25, 0.3) is 5.69 Å². The Morgan fingerprint density at radius 1 is 1.12 bits per heavy atom. The number of nitro benzene ring substituents is 1. The van der Waals surface area contributed by atoms with Crippen LogP contribution in [-0.4, -0.2) is 30.8 Å². The Hall–Kier alpha value is -2.74. The highest BCUT2D eigenvalue weighted by atomic mass is 32.2. The van der Waals surface area contributed by atoms with Crippen LogP contribution in [0.2, 0.25) is 0 Å². The smallest absolute Gasteiger partial charge is 0.296 e. The van der Waals surface area contributed by atoms with Gasteiger partial charge in [0.2, 0.25) is 5.91 Å². The van der Waals surface area contributed by atoms with Crippen molar-refractivity contribution < 1.29 is 19.2 Å². The predicted octanol–water partition coefficient (Wildman–Crippen LogP) is 3.34. The van der Waals surface area contributed by atoms with Gasteiger partial charge in [-0.05, 0) is 36.4 Å². The van der Waals surface area contributed by atoms with E-state index < -0.39 is 4.92 Å². The lowest BCUT2D eigenvalue weighted by Crippen LogP contribution is -2.15. The molecule has 0 aliphatic heterocycles.